The van der Waals surface area contributed by atoms with E-state index in [-0.39, 0.29) is 0 Å². The third kappa shape index (κ3) is 1.97. The molecule has 2 atom stereocenters. The quantitative estimate of drug-likeness (QED) is 0.656. The molecule has 0 spiro atoms. The fourth-order valence-electron chi connectivity index (χ4n) is 2.66. The molecule has 1 aliphatic rings. The van der Waals surface area contributed by atoms with E-state index in [0.717, 1.165) is 11.8 Å². The summed E-state index contributed by atoms with van der Waals surface area (Å²) in [4.78, 5) is 4.16. The Hall–Kier alpha value is -0.850. The maximum atomic E-state index is 4.16. The first-order valence-corrected chi connectivity index (χ1v) is 5.68. The second-order valence-corrected chi connectivity index (χ2v) is 4.70. The molecule has 0 radical (unpaired) electrons. The van der Waals surface area contributed by atoms with Gasteiger partial charge >= 0.3 is 0 Å². The van der Waals surface area contributed by atoms with Gasteiger partial charge < -0.3 is 0 Å². The monoisotopic (exact) mass is 189 g/mol. The van der Waals surface area contributed by atoms with Gasteiger partial charge in [0.2, 0.25) is 0 Å². The van der Waals surface area contributed by atoms with Crippen LogP contribution in [0.1, 0.15) is 49.7 Å². The largest absolute Gasteiger partial charge is 0.264 e. The van der Waals surface area contributed by atoms with Crippen molar-refractivity contribution in [3.63, 3.8) is 0 Å². The minimum absolute atomic E-state index is 0.793. The topological polar surface area (TPSA) is 12.9 Å². The molecule has 0 bridgehead atoms. The lowest BCUT2D eigenvalue weighted by Gasteiger charge is -2.27. The van der Waals surface area contributed by atoms with E-state index in [2.05, 4.69) is 24.9 Å². The van der Waals surface area contributed by atoms with Gasteiger partial charge in [-0.05, 0) is 48.8 Å². The number of hydrogen-bond acceptors (Lipinski definition) is 1. The molecule has 0 aromatic carbocycles. The third-order valence-electron chi connectivity index (χ3n) is 3.44. The van der Waals surface area contributed by atoms with E-state index >= 15 is 0 Å². The highest BCUT2D eigenvalue weighted by Crippen LogP contribution is 2.36. The average molecular weight is 189 g/mol. The van der Waals surface area contributed by atoms with Crippen LogP contribution >= 0.6 is 0 Å². The first-order valence-electron chi connectivity index (χ1n) is 5.68. The minimum atomic E-state index is 0.793. The second kappa shape index (κ2) is 4.12. The molecule has 1 saturated carbocycles. The van der Waals surface area contributed by atoms with Crippen molar-refractivity contribution in [2.75, 3.05) is 0 Å². The standard InChI is InChI=1S/C13H19N/c1-10-4-3-5-12(8-10)13-6-7-14-9-11(13)2/h6-7,9-10,12H,3-5,8H2,1-2H3. The molecule has 2 unspecified atom stereocenters. The van der Waals surface area contributed by atoms with Crippen molar-refractivity contribution in [2.24, 2.45) is 5.92 Å². The molecular formula is C13H19N. The van der Waals surface area contributed by atoms with E-state index in [1.165, 1.54) is 36.8 Å². The highest BCUT2D eigenvalue weighted by Gasteiger charge is 2.21. The van der Waals surface area contributed by atoms with Gasteiger partial charge in [0.1, 0.15) is 0 Å². The van der Waals surface area contributed by atoms with Crippen LogP contribution in [0.15, 0.2) is 18.5 Å². The van der Waals surface area contributed by atoms with Crippen molar-refractivity contribution >= 4 is 0 Å². The van der Waals surface area contributed by atoms with Gasteiger partial charge in [-0.3, -0.25) is 4.98 Å². The molecule has 76 valence electrons. The Balaban J connectivity index is 2.18. The van der Waals surface area contributed by atoms with Gasteiger partial charge in [-0.25, -0.2) is 0 Å². The second-order valence-electron chi connectivity index (χ2n) is 4.70. The summed E-state index contributed by atoms with van der Waals surface area (Å²) < 4.78 is 0. The molecule has 0 saturated heterocycles. The fraction of sp³-hybridized carbons (Fsp3) is 0.615. The number of aryl methyl sites for hydroxylation is 1. The Morgan fingerprint density at radius 3 is 2.93 bits per heavy atom. The van der Waals surface area contributed by atoms with Crippen molar-refractivity contribution in [3.05, 3.63) is 29.6 Å². The van der Waals surface area contributed by atoms with Crippen LogP contribution in [0, 0.1) is 12.8 Å². The maximum Gasteiger partial charge on any atom is 0.0299 e. The number of rotatable bonds is 1. The molecule has 1 aliphatic carbocycles. The zero-order chi connectivity index (χ0) is 9.97. The Labute approximate surface area is 86.6 Å². The summed E-state index contributed by atoms with van der Waals surface area (Å²) in [6, 6.07) is 2.21. The van der Waals surface area contributed by atoms with Gasteiger partial charge in [-0.15, -0.1) is 0 Å². The first-order chi connectivity index (χ1) is 6.77. The Morgan fingerprint density at radius 1 is 1.36 bits per heavy atom. The number of aromatic nitrogens is 1. The minimum Gasteiger partial charge on any atom is -0.264 e. The summed E-state index contributed by atoms with van der Waals surface area (Å²) >= 11 is 0. The Bertz CT molecular complexity index is 306. The van der Waals surface area contributed by atoms with Crippen LogP contribution < -0.4 is 0 Å². The van der Waals surface area contributed by atoms with Crippen LogP contribution in [-0.2, 0) is 0 Å². The molecule has 1 aromatic rings. The van der Waals surface area contributed by atoms with Gasteiger partial charge in [0.05, 0.1) is 0 Å². The van der Waals surface area contributed by atoms with Crippen LogP contribution in [0.5, 0.6) is 0 Å². The Kier molecular flexibility index (Phi) is 2.85. The van der Waals surface area contributed by atoms with Crippen molar-refractivity contribution in [1.82, 2.24) is 4.98 Å². The SMILES string of the molecule is Cc1cnccc1C1CCCC(C)C1. The first kappa shape index (κ1) is 9.70. The van der Waals surface area contributed by atoms with Crippen LogP contribution in [0.25, 0.3) is 0 Å². The van der Waals surface area contributed by atoms with Gasteiger partial charge in [0, 0.05) is 12.4 Å². The van der Waals surface area contributed by atoms with Gasteiger partial charge in [0.15, 0.2) is 0 Å². The van der Waals surface area contributed by atoms with E-state index in [4.69, 9.17) is 0 Å². The van der Waals surface area contributed by atoms with Crippen molar-refractivity contribution < 1.29 is 0 Å². The molecule has 2 rings (SSSR count). The van der Waals surface area contributed by atoms with Crippen LogP contribution in [-0.4, -0.2) is 4.98 Å². The normalized spacial score (nSPS) is 27.6. The molecule has 14 heavy (non-hydrogen) atoms. The molecule has 1 heteroatoms. The van der Waals surface area contributed by atoms with Crippen molar-refractivity contribution in [1.29, 1.82) is 0 Å². The van der Waals surface area contributed by atoms with Crippen molar-refractivity contribution in [2.45, 2.75) is 45.4 Å². The lowest BCUT2D eigenvalue weighted by Crippen LogP contribution is -2.12. The summed E-state index contributed by atoms with van der Waals surface area (Å²) in [5.74, 6) is 1.70. The summed E-state index contributed by atoms with van der Waals surface area (Å²) in [5.41, 5.74) is 2.90. The van der Waals surface area contributed by atoms with Gasteiger partial charge in [-0.1, -0.05) is 19.8 Å². The van der Waals surface area contributed by atoms with Crippen LogP contribution in [0.3, 0.4) is 0 Å². The fourth-order valence-corrected chi connectivity index (χ4v) is 2.66. The highest BCUT2D eigenvalue weighted by atomic mass is 14.6. The van der Waals surface area contributed by atoms with Crippen LogP contribution in [0.4, 0.5) is 0 Å². The number of pyridine rings is 1. The molecule has 1 aromatic heterocycles. The number of hydrogen-bond donors (Lipinski definition) is 0. The molecule has 0 amide bonds. The van der Waals surface area contributed by atoms with E-state index in [9.17, 15) is 0 Å². The summed E-state index contributed by atoms with van der Waals surface area (Å²) in [6.07, 6.45) is 9.48. The summed E-state index contributed by atoms with van der Waals surface area (Å²) in [5, 5.41) is 0. The zero-order valence-corrected chi connectivity index (χ0v) is 9.16. The molecular weight excluding hydrogens is 170 g/mol. The Morgan fingerprint density at radius 2 is 2.21 bits per heavy atom. The highest BCUT2D eigenvalue weighted by molar-refractivity contribution is 5.26. The van der Waals surface area contributed by atoms with Gasteiger partial charge in [-0.2, -0.15) is 0 Å². The van der Waals surface area contributed by atoms with E-state index in [1.807, 2.05) is 12.4 Å². The van der Waals surface area contributed by atoms with Gasteiger partial charge in [0.25, 0.3) is 0 Å². The summed E-state index contributed by atoms with van der Waals surface area (Å²) in [7, 11) is 0. The average Bonchev–Trinajstić information content (AvgIpc) is 2.18. The van der Waals surface area contributed by atoms with Crippen LogP contribution in [0.2, 0.25) is 0 Å². The van der Waals surface area contributed by atoms with E-state index in [0.29, 0.717) is 0 Å². The third-order valence-corrected chi connectivity index (χ3v) is 3.44. The molecule has 1 nitrogen and oxygen atoms in total. The summed E-state index contributed by atoms with van der Waals surface area (Å²) in [6.45, 7) is 4.56. The lowest BCUT2D eigenvalue weighted by molar-refractivity contribution is 0.343. The molecule has 0 N–H and O–H groups in total. The molecule has 0 aliphatic heterocycles. The predicted molar refractivity (Wildman–Crippen MR) is 59.3 cm³/mol. The maximum absolute atomic E-state index is 4.16. The lowest BCUT2D eigenvalue weighted by atomic mass is 9.78. The predicted octanol–water partition coefficient (Wildman–Crippen LogP) is 3.68. The smallest absolute Gasteiger partial charge is 0.0299 e. The van der Waals surface area contributed by atoms with E-state index in [1.54, 1.807) is 0 Å². The van der Waals surface area contributed by atoms with Crippen molar-refractivity contribution in [3.8, 4) is 0 Å². The van der Waals surface area contributed by atoms with E-state index < -0.39 is 0 Å². The molecule has 1 fully saturated rings. The zero-order valence-electron chi connectivity index (χ0n) is 9.16. The number of nitrogens with zero attached hydrogens (tertiary/aromatic N) is 1. The molecule has 1 heterocycles.